The van der Waals surface area contributed by atoms with Crippen molar-refractivity contribution in [3.63, 3.8) is 0 Å². The van der Waals surface area contributed by atoms with Crippen LogP contribution in [0.25, 0.3) is 117 Å². The average Bonchev–Trinajstić information content (AvgIpc) is 3.91. The summed E-state index contributed by atoms with van der Waals surface area (Å²) in [5, 5.41) is 4.38. The lowest BCUT2D eigenvalue weighted by molar-refractivity contribution is 0.674. The van der Waals surface area contributed by atoms with Gasteiger partial charge in [0.15, 0.2) is 17.5 Å². The van der Waals surface area contributed by atoms with Crippen molar-refractivity contribution < 1.29 is 4.42 Å². The van der Waals surface area contributed by atoms with Crippen LogP contribution in [0.4, 0.5) is 0 Å². The maximum atomic E-state index is 7.07. The molecule has 12 rings (SSSR count). The van der Waals surface area contributed by atoms with Crippen LogP contribution in [0.15, 0.2) is 223 Å². The van der Waals surface area contributed by atoms with Gasteiger partial charge in [-0.25, -0.2) is 15.0 Å². The third-order valence-corrected chi connectivity index (χ3v) is 11.8. The Balaban J connectivity index is 1.18. The van der Waals surface area contributed by atoms with Gasteiger partial charge in [0, 0.05) is 49.5 Å². The zero-order valence-corrected chi connectivity index (χ0v) is 33.5. The molecule has 0 spiro atoms. The molecule has 0 atom stereocenters. The Kier molecular flexibility index (Phi) is 8.42. The molecule has 0 bridgehead atoms. The largest absolute Gasteiger partial charge is 0.455 e. The van der Waals surface area contributed by atoms with Gasteiger partial charge in [-0.05, 0) is 47.0 Å². The first-order valence-corrected chi connectivity index (χ1v) is 20.9. The molecule has 0 saturated heterocycles. The number of hydrogen-bond donors (Lipinski definition) is 0. The normalized spacial score (nSPS) is 11.5. The van der Waals surface area contributed by atoms with Crippen molar-refractivity contribution in [2.75, 3.05) is 0 Å². The van der Waals surface area contributed by atoms with Gasteiger partial charge in [-0.1, -0.05) is 188 Å². The van der Waals surface area contributed by atoms with Gasteiger partial charge in [0.25, 0.3) is 0 Å². The van der Waals surface area contributed by atoms with Crippen LogP contribution in [0.3, 0.4) is 0 Å². The van der Waals surface area contributed by atoms with Crippen LogP contribution in [0.2, 0.25) is 0 Å². The Labute approximate surface area is 357 Å². The second-order valence-corrected chi connectivity index (χ2v) is 15.5. The van der Waals surface area contributed by atoms with Crippen molar-refractivity contribution in [2.24, 2.45) is 0 Å². The number of furan rings is 1. The van der Waals surface area contributed by atoms with Gasteiger partial charge in [-0.2, -0.15) is 0 Å². The van der Waals surface area contributed by atoms with E-state index in [0.29, 0.717) is 17.5 Å². The van der Waals surface area contributed by atoms with E-state index >= 15 is 0 Å². The fraction of sp³-hybridized carbons (Fsp3) is 0. The van der Waals surface area contributed by atoms with Crippen molar-refractivity contribution >= 4 is 43.7 Å². The van der Waals surface area contributed by atoms with Crippen LogP contribution in [-0.4, -0.2) is 19.5 Å². The van der Waals surface area contributed by atoms with Crippen LogP contribution >= 0.6 is 0 Å². The molecular formula is C57H36N4O. The summed E-state index contributed by atoms with van der Waals surface area (Å²) in [5.41, 5.74) is 14.1. The molecule has 3 aromatic heterocycles. The number of para-hydroxylation sites is 2. The maximum Gasteiger partial charge on any atom is 0.164 e. The first-order chi connectivity index (χ1) is 30.8. The molecule has 0 saturated carbocycles. The fourth-order valence-corrected chi connectivity index (χ4v) is 9.01. The van der Waals surface area contributed by atoms with Crippen molar-refractivity contribution in [3.05, 3.63) is 218 Å². The van der Waals surface area contributed by atoms with E-state index in [1.54, 1.807) is 0 Å². The number of fused-ring (bicyclic) bond motifs is 7. The van der Waals surface area contributed by atoms with E-state index in [1.807, 2.05) is 60.7 Å². The topological polar surface area (TPSA) is 56.7 Å². The van der Waals surface area contributed by atoms with Gasteiger partial charge in [0.1, 0.15) is 11.2 Å². The number of aromatic nitrogens is 4. The lowest BCUT2D eigenvalue weighted by Crippen LogP contribution is -2.04. The summed E-state index contributed by atoms with van der Waals surface area (Å²) >= 11 is 0. The minimum atomic E-state index is 0.596. The summed E-state index contributed by atoms with van der Waals surface area (Å²) in [4.78, 5) is 15.4. The zero-order chi connectivity index (χ0) is 41.0. The predicted octanol–water partition coefficient (Wildman–Crippen LogP) is 14.9. The standard InChI is InChI=1S/C57H36N4O/c1-6-19-37(20-7-1)43-30-18-31-44-45-33-34-50-51(54(45)62-53(43)44)46-29-16-17-32-49(46)61(50)52-47(38-21-8-2-9-22-38)35-42(36-48(52)39-23-10-3-11-24-39)57-59-55(40-25-12-4-13-26-40)58-56(60-57)41-27-14-5-15-28-41/h1-36H. The number of hydrogen-bond acceptors (Lipinski definition) is 4. The summed E-state index contributed by atoms with van der Waals surface area (Å²) in [7, 11) is 0. The number of benzene rings is 9. The second kappa shape index (κ2) is 14.7. The Bertz CT molecular complexity index is 3480. The van der Waals surface area contributed by atoms with Crippen LogP contribution in [0.1, 0.15) is 0 Å². The molecule has 290 valence electrons. The molecule has 3 heterocycles. The number of rotatable bonds is 7. The summed E-state index contributed by atoms with van der Waals surface area (Å²) in [6.45, 7) is 0. The monoisotopic (exact) mass is 792 g/mol. The number of nitrogens with zero attached hydrogens (tertiary/aromatic N) is 4. The molecule has 0 unspecified atom stereocenters. The van der Waals surface area contributed by atoms with E-state index in [1.165, 1.54) is 0 Å². The smallest absolute Gasteiger partial charge is 0.164 e. The zero-order valence-electron chi connectivity index (χ0n) is 33.5. The van der Waals surface area contributed by atoms with Crippen LogP contribution in [0.5, 0.6) is 0 Å². The van der Waals surface area contributed by atoms with Gasteiger partial charge >= 0.3 is 0 Å². The highest BCUT2D eigenvalue weighted by atomic mass is 16.3. The molecule has 5 nitrogen and oxygen atoms in total. The van der Waals surface area contributed by atoms with Crippen molar-refractivity contribution in [1.29, 1.82) is 0 Å². The van der Waals surface area contributed by atoms with E-state index in [4.69, 9.17) is 19.4 Å². The average molecular weight is 793 g/mol. The van der Waals surface area contributed by atoms with Crippen LogP contribution in [-0.2, 0) is 0 Å². The third kappa shape index (κ3) is 5.90. The highest BCUT2D eigenvalue weighted by Crippen LogP contribution is 2.47. The Hall–Kier alpha value is -8.41. The molecular weight excluding hydrogens is 757 g/mol. The van der Waals surface area contributed by atoms with E-state index < -0.39 is 0 Å². The van der Waals surface area contributed by atoms with Crippen molar-refractivity contribution in [3.8, 4) is 73.2 Å². The highest BCUT2D eigenvalue weighted by Gasteiger charge is 2.25. The lowest BCUT2D eigenvalue weighted by Gasteiger charge is -2.21. The van der Waals surface area contributed by atoms with Crippen LogP contribution in [0, 0.1) is 0 Å². The second-order valence-electron chi connectivity index (χ2n) is 15.5. The maximum absolute atomic E-state index is 7.07. The Morgan fingerprint density at radius 3 is 1.29 bits per heavy atom. The Morgan fingerprint density at radius 2 is 0.742 bits per heavy atom. The molecule has 0 aliphatic carbocycles. The first-order valence-electron chi connectivity index (χ1n) is 20.9. The minimum Gasteiger partial charge on any atom is -0.455 e. The SMILES string of the molecule is c1ccc(-c2nc(-c3ccccc3)nc(-c3cc(-c4ccccc4)c(-n4c5ccccc5c5c6oc7c(-c8ccccc8)cccc7c6ccc54)c(-c4ccccc4)c3)n2)cc1. The van der Waals surface area contributed by atoms with Gasteiger partial charge in [-0.15, -0.1) is 0 Å². The quantitative estimate of drug-likeness (QED) is 0.161. The summed E-state index contributed by atoms with van der Waals surface area (Å²) in [5.74, 6) is 1.83. The molecule has 9 aromatic carbocycles. The van der Waals surface area contributed by atoms with Gasteiger partial charge in [0.05, 0.1) is 22.1 Å². The molecule has 0 fully saturated rings. The lowest BCUT2D eigenvalue weighted by atomic mass is 9.92. The van der Waals surface area contributed by atoms with E-state index in [0.717, 1.165) is 99.5 Å². The van der Waals surface area contributed by atoms with E-state index in [-0.39, 0.29) is 0 Å². The van der Waals surface area contributed by atoms with E-state index in [2.05, 4.69) is 162 Å². The molecule has 62 heavy (non-hydrogen) atoms. The molecule has 5 heteroatoms. The third-order valence-electron chi connectivity index (χ3n) is 11.8. The molecule has 0 N–H and O–H groups in total. The molecule has 0 radical (unpaired) electrons. The summed E-state index contributed by atoms with van der Waals surface area (Å²) in [6, 6.07) is 76.2. The van der Waals surface area contributed by atoms with E-state index in [9.17, 15) is 0 Å². The Morgan fingerprint density at radius 1 is 0.306 bits per heavy atom. The van der Waals surface area contributed by atoms with Gasteiger partial charge in [-0.3, -0.25) is 0 Å². The van der Waals surface area contributed by atoms with Gasteiger partial charge in [0.2, 0.25) is 0 Å². The minimum absolute atomic E-state index is 0.596. The first kappa shape index (κ1) is 35.5. The molecule has 0 aliphatic heterocycles. The summed E-state index contributed by atoms with van der Waals surface area (Å²) in [6.07, 6.45) is 0. The predicted molar refractivity (Wildman–Crippen MR) is 254 cm³/mol. The van der Waals surface area contributed by atoms with Crippen molar-refractivity contribution in [2.45, 2.75) is 0 Å². The van der Waals surface area contributed by atoms with Gasteiger partial charge < -0.3 is 8.98 Å². The summed E-state index contributed by atoms with van der Waals surface area (Å²) < 4.78 is 9.51. The molecule has 12 aromatic rings. The fourth-order valence-electron chi connectivity index (χ4n) is 9.01. The molecule has 0 aliphatic rings. The van der Waals surface area contributed by atoms with Crippen LogP contribution < -0.4 is 0 Å². The van der Waals surface area contributed by atoms with Crippen molar-refractivity contribution in [1.82, 2.24) is 19.5 Å². The highest BCUT2D eigenvalue weighted by molar-refractivity contribution is 6.25. The molecule has 0 amide bonds.